The van der Waals surface area contributed by atoms with Gasteiger partial charge in [0, 0.05) is 42.7 Å². The molecular weight excluding hydrogens is 380 g/mol. The molecule has 1 aliphatic heterocycles. The Hall–Kier alpha value is -3.32. The van der Waals surface area contributed by atoms with E-state index in [-0.39, 0.29) is 17.9 Å². The Morgan fingerprint density at radius 3 is 2.67 bits per heavy atom. The lowest BCUT2D eigenvalue weighted by Crippen LogP contribution is -2.47. The van der Waals surface area contributed by atoms with E-state index in [0.29, 0.717) is 19.6 Å². The van der Waals surface area contributed by atoms with Crippen molar-refractivity contribution in [3.63, 3.8) is 0 Å². The van der Waals surface area contributed by atoms with Crippen molar-refractivity contribution >= 4 is 22.8 Å². The predicted octanol–water partition coefficient (Wildman–Crippen LogP) is 2.84. The van der Waals surface area contributed by atoms with Gasteiger partial charge in [0.15, 0.2) is 0 Å². The molecule has 1 aromatic heterocycles. The summed E-state index contributed by atoms with van der Waals surface area (Å²) in [6, 6.07) is 15.4. The van der Waals surface area contributed by atoms with Crippen molar-refractivity contribution in [2.24, 2.45) is 0 Å². The lowest BCUT2D eigenvalue weighted by Gasteiger charge is -2.23. The maximum atomic E-state index is 12.7. The quantitative estimate of drug-likeness (QED) is 0.563. The number of hydrogen-bond donors (Lipinski definition) is 3. The Balaban J connectivity index is 1.58. The number of carbonyl (C=O) groups is 2. The molecule has 1 saturated heterocycles. The summed E-state index contributed by atoms with van der Waals surface area (Å²) in [7, 11) is 1.65. The van der Waals surface area contributed by atoms with Crippen LogP contribution in [0.25, 0.3) is 10.9 Å². The number of ether oxygens (including phenoxy) is 1. The van der Waals surface area contributed by atoms with Gasteiger partial charge in [-0.05, 0) is 36.2 Å². The van der Waals surface area contributed by atoms with Gasteiger partial charge in [-0.15, -0.1) is 0 Å². The van der Waals surface area contributed by atoms with E-state index < -0.39 is 6.04 Å². The maximum Gasteiger partial charge on any atom is 0.324 e. The van der Waals surface area contributed by atoms with Gasteiger partial charge in [-0.2, -0.15) is 0 Å². The van der Waals surface area contributed by atoms with Crippen LogP contribution in [0.1, 0.15) is 24.0 Å². The Morgan fingerprint density at radius 1 is 1.20 bits per heavy atom. The van der Waals surface area contributed by atoms with Crippen molar-refractivity contribution < 1.29 is 14.3 Å². The first-order valence-corrected chi connectivity index (χ1v) is 10.1. The average Bonchev–Trinajstić information content (AvgIpc) is 3.40. The second kappa shape index (κ2) is 8.59. The number of methoxy groups -OCH3 is 1. The van der Waals surface area contributed by atoms with Crippen molar-refractivity contribution in [2.75, 3.05) is 26.7 Å². The number of nitrogens with zero attached hydrogens (tertiary/aromatic N) is 1. The summed E-state index contributed by atoms with van der Waals surface area (Å²) in [6.45, 7) is 3.26. The van der Waals surface area contributed by atoms with Crippen LogP contribution >= 0.6 is 0 Å². The highest BCUT2D eigenvalue weighted by atomic mass is 16.5. The number of rotatable bonds is 7. The number of aromatic amines is 1. The lowest BCUT2D eigenvalue weighted by atomic mass is 9.90. The largest absolute Gasteiger partial charge is 0.497 e. The van der Waals surface area contributed by atoms with Gasteiger partial charge in [0.1, 0.15) is 5.75 Å². The second-order valence-electron chi connectivity index (χ2n) is 7.47. The molecule has 3 aromatic rings. The van der Waals surface area contributed by atoms with Crippen LogP contribution in [-0.2, 0) is 4.79 Å². The summed E-state index contributed by atoms with van der Waals surface area (Å²) < 4.78 is 5.30. The monoisotopic (exact) mass is 406 g/mol. The van der Waals surface area contributed by atoms with Crippen LogP contribution in [0.2, 0.25) is 0 Å². The zero-order chi connectivity index (χ0) is 21.1. The van der Waals surface area contributed by atoms with E-state index in [9.17, 15) is 9.59 Å². The van der Waals surface area contributed by atoms with E-state index in [0.717, 1.165) is 27.8 Å². The number of benzene rings is 2. The second-order valence-corrected chi connectivity index (χ2v) is 7.47. The number of H-pyrrole nitrogens is 1. The zero-order valence-corrected chi connectivity index (χ0v) is 17.1. The van der Waals surface area contributed by atoms with Gasteiger partial charge in [-0.1, -0.05) is 30.3 Å². The van der Waals surface area contributed by atoms with Gasteiger partial charge >= 0.3 is 6.03 Å². The third-order valence-electron chi connectivity index (χ3n) is 5.64. The number of carbonyl (C=O) groups excluding carboxylic acids is 2. The number of amides is 3. The molecule has 0 radical (unpaired) electrons. The van der Waals surface area contributed by atoms with Gasteiger partial charge in [-0.3, -0.25) is 9.69 Å². The van der Waals surface area contributed by atoms with E-state index in [2.05, 4.69) is 27.8 Å². The summed E-state index contributed by atoms with van der Waals surface area (Å²) in [5.41, 5.74) is 3.34. The van der Waals surface area contributed by atoms with Crippen LogP contribution < -0.4 is 15.4 Å². The minimum atomic E-state index is -0.472. The van der Waals surface area contributed by atoms with Crippen molar-refractivity contribution in [1.82, 2.24) is 20.5 Å². The topological polar surface area (TPSA) is 86.5 Å². The molecule has 2 atom stereocenters. The summed E-state index contributed by atoms with van der Waals surface area (Å²) >= 11 is 0. The fourth-order valence-corrected chi connectivity index (χ4v) is 3.92. The summed E-state index contributed by atoms with van der Waals surface area (Å²) in [4.78, 5) is 29.1. The Kier molecular flexibility index (Phi) is 5.72. The van der Waals surface area contributed by atoms with E-state index in [1.165, 1.54) is 4.90 Å². The zero-order valence-electron chi connectivity index (χ0n) is 17.1. The smallest absolute Gasteiger partial charge is 0.324 e. The van der Waals surface area contributed by atoms with Gasteiger partial charge in [0.2, 0.25) is 5.91 Å². The Labute approximate surface area is 175 Å². The summed E-state index contributed by atoms with van der Waals surface area (Å²) in [6.07, 6.45) is 2.03. The first kappa shape index (κ1) is 20.0. The SMILES string of the molecule is COc1ccc([C@@H](CN[C@H](C)C(=O)N2CCNC2=O)c2c[nH]c3ccccc23)cc1. The highest BCUT2D eigenvalue weighted by Crippen LogP contribution is 2.31. The minimum Gasteiger partial charge on any atom is -0.497 e. The van der Waals surface area contributed by atoms with Gasteiger partial charge < -0.3 is 20.4 Å². The number of imide groups is 1. The molecule has 2 heterocycles. The molecule has 0 saturated carbocycles. The van der Waals surface area contributed by atoms with Crippen molar-refractivity contribution in [3.8, 4) is 5.75 Å². The third-order valence-corrected chi connectivity index (χ3v) is 5.64. The van der Waals surface area contributed by atoms with E-state index in [4.69, 9.17) is 4.74 Å². The number of hydrogen-bond acceptors (Lipinski definition) is 4. The maximum absolute atomic E-state index is 12.7. The van der Waals surface area contributed by atoms with Gasteiger partial charge in [0.05, 0.1) is 13.2 Å². The normalized spacial score (nSPS) is 15.8. The first-order valence-electron chi connectivity index (χ1n) is 10.1. The van der Waals surface area contributed by atoms with Crippen molar-refractivity contribution in [1.29, 1.82) is 0 Å². The molecule has 3 amide bonds. The first-order chi connectivity index (χ1) is 14.6. The fraction of sp³-hybridized carbons (Fsp3) is 0.304. The van der Waals surface area contributed by atoms with Crippen LogP contribution in [-0.4, -0.2) is 54.6 Å². The molecule has 4 rings (SSSR count). The molecule has 7 heteroatoms. The summed E-state index contributed by atoms with van der Waals surface area (Å²) in [5, 5.41) is 7.17. The van der Waals surface area contributed by atoms with Crippen LogP contribution in [0.3, 0.4) is 0 Å². The molecule has 156 valence electrons. The average molecular weight is 406 g/mol. The van der Waals surface area contributed by atoms with Crippen LogP contribution in [0.4, 0.5) is 4.79 Å². The molecule has 0 unspecified atom stereocenters. The number of aromatic nitrogens is 1. The van der Waals surface area contributed by atoms with Gasteiger partial charge in [-0.25, -0.2) is 4.79 Å². The van der Waals surface area contributed by atoms with Crippen LogP contribution in [0.5, 0.6) is 5.75 Å². The van der Waals surface area contributed by atoms with Crippen molar-refractivity contribution in [3.05, 3.63) is 65.9 Å². The van der Waals surface area contributed by atoms with E-state index in [1.54, 1.807) is 14.0 Å². The number of fused-ring (bicyclic) bond motifs is 1. The number of urea groups is 1. The lowest BCUT2D eigenvalue weighted by molar-refractivity contribution is -0.129. The molecule has 2 aromatic carbocycles. The van der Waals surface area contributed by atoms with E-state index in [1.807, 2.05) is 42.6 Å². The minimum absolute atomic E-state index is 0.0229. The Morgan fingerprint density at radius 2 is 1.97 bits per heavy atom. The van der Waals surface area contributed by atoms with Crippen LogP contribution in [0.15, 0.2) is 54.7 Å². The molecule has 7 nitrogen and oxygen atoms in total. The molecule has 0 aliphatic carbocycles. The van der Waals surface area contributed by atoms with Gasteiger partial charge in [0.25, 0.3) is 0 Å². The Bertz CT molecular complexity index is 1040. The molecule has 0 bridgehead atoms. The highest BCUT2D eigenvalue weighted by molar-refractivity contribution is 5.98. The van der Waals surface area contributed by atoms with Crippen molar-refractivity contribution in [2.45, 2.75) is 18.9 Å². The number of nitrogens with one attached hydrogen (secondary N) is 3. The van der Waals surface area contributed by atoms with E-state index >= 15 is 0 Å². The molecule has 0 spiro atoms. The molecular formula is C23H26N4O3. The highest BCUT2D eigenvalue weighted by Gasteiger charge is 2.30. The molecule has 1 fully saturated rings. The third kappa shape index (κ3) is 3.89. The molecule has 1 aliphatic rings. The molecule has 30 heavy (non-hydrogen) atoms. The fourth-order valence-electron chi connectivity index (χ4n) is 3.92. The van der Waals surface area contributed by atoms with Crippen LogP contribution in [0, 0.1) is 0 Å². The molecule has 3 N–H and O–H groups in total. The number of para-hydroxylation sites is 1. The summed E-state index contributed by atoms with van der Waals surface area (Å²) in [5.74, 6) is 0.611. The standard InChI is InChI=1S/C23H26N4O3/c1-15(22(28)27-12-11-24-23(27)29)25-13-19(16-7-9-17(30-2)10-8-16)20-14-26-21-6-4-3-5-18(20)21/h3-10,14-15,19,25-26H,11-13H2,1-2H3,(H,24,29)/t15-,19-/m1/s1. The predicted molar refractivity (Wildman–Crippen MR) is 116 cm³/mol.